The lowest BCUT2D eigenvalue weighted by molar-refractivity contribution is -0.142. The number of piperidine rings is 1. The molecule has 0 saturated carbocycles. The summed E-state index contributed by atoms with van der Waals surface area (Å²) in [4.78, 5) is 27.7. The molecule has 1 aromatic heterocycles. The molecule has 7 nitrogen and oxygen atoms in total. The van der Waals surface area contributed by atoms with Gasteiger partial charge in [0.1, 0.15) is 5.82 Å². The van der Waals surface area contributed by atoms with Crippen molar-refractivity contribution in [2.75, 3.05) is 13.1 Å². The summed E-state index contributed by atoms with van der Waals surface area (Å²) in [6.07, 6.45) is -2.52. The Balaban J connectivity index is 1.49. The first-order valence-electron chi connectivity index (χ1n) is 12.2. The molecule has 2 aromatic rings. The van der Waals surface area contributed by atoms with E-state index >= 15 is 0 Å². The molecule has 2 amide bonds. The van der Waals surface area contributed by atoms with Crippen LogP contribution in [0, 0.1) is 11.7 Å². The molecule has 0 aliphatic carbocycles. The molecule has 36 heavy (non-hydrogen) atoms. The summed E-state index contributed by atoms with van der Waals surface area (Å²) in [6.45, 7) is 2.59. The molecule has 0 radical (unpaired) electrons. The summed E-state index contributed by atoms with van der Waals surface area (Å²) in [5, 5.41) is 13.3. The van der Waals surface area contributed by atoms with Crippen LogP contribution in [0.1, 0.15) is 61.5 Å². The number of carbonyl (C=O) groups excluding carboxylic acids is 1. The molecule has 2 unspecified atom stereocenters. The molecule has 11 heteroatoms. The van der Waals surface area contributed by atoms with Crippen LogP contribution in [0.15, 0.2) is 24.3 Å². The lowest BCUT2D eigenvalue weighted by atomic mass is 9.86. The summed E-state index contributed by atoms with van der Waals surface area (Å²) in [5.74, 6) is -0.557. The molecule has 1 N–H and O–H groups in total. The Bertz CT molecular complexity index is 1100. The van der Waals surface area contributed by atoms with Crippen molar-refractivity contribution in [1.29, 1.82) is 0 Å². The molecule has 2 aliphatic heterocycles. The zero-order valence-corrected chi connectivity index (χ0v) is 20.1. The van der Waals surface area contributed by atoms with Gasteiger partial charge in [-0.25, -0.2) is 9.18 Å². The van der Waals surface area contributed by atoms with E-state index in [0.29, 0.717) is 30.6 Å². The van der Waals surface area contributed by atoms with Gasteiger partial charge in [0.25, 0.3) is 0 Å². The van der Waals surface area contributed by atoms with Gasteiger partial charge in [0.15, 0.2) is 5.69 Å². The first-order valence-corrected chi connectivity index (χ1v) is 12.2. The number of carboxylic acid groups (broad SMARTS) is 1. The lowest BCUT2D eigenvalue weighted by Gasteiger charge is -2.38. The summed E-state index contributed by atoms with van der Waals surface area (Å²) < 4.78 is 55.6. The highest BCUT2D eigenvalue weighted by Crippen LogP contribution is 2.36. The van der Waals surface area contributed by atoms with E-state index in [2.05, 4.69) is 5.10 Å². The first kappa shape index (κ1) is 26.0. The van der Waals surface area contributed by atoms with Crippen LogP contribution in [0.5, 0.6) is 0 Å². The van der Waals surface area contributed by atoms with E-state index in [9.17, 15) is 32.3 Å². The van der Waals surface area contributed by atoms with Crippen molar-refractivity contribution < 1.29 is 32.3 Å². The minimum atomic E-state index is -4.61. The first-order chi connectivity index (χ1) is 17.1. The van der Waals surface area contributed by atoms with Crippen molar-refractivity contribution in [2.24, 2.45) is 5.92 Å². The third-order valence-corrected chi connectivity index (χ3v) is 7.16. The number of likely N-dealkylation sites (tertiary alicyclic amines) is 1. The second-order valence-corrected chi connectivity index (χ2v) is 9.63. The molecule has 0 bridgehead atoms. The number of hydrogen-bond donors (Lipinski definition) is 1. The topological polar surface area (TPSA) is 78.7 Å². The minimum absolute atomic E-state index is 0.0187. The largest absolute Gasteiger partial charge is 0.465 e. The van der Waals surface area contributed by atoms with Crippen LogP contribution >= 0.6 is 0 Å². The van der Waals surface area contributed by atoms with Crippen molar-refractivity contribution in [3.8, 4) is 0 Å². The fourth-order valence-corrected chi connectivity index (χ4v) is 5.37. The lowest BCUT2D eigenvalue weighted by Crippen LogP contribution is -2.46. The Kier molecular flexibility index (Phi) is 7.56. The van der Waals surface area contributed by atoms with Crippen LogP contribution < -0.4 is 0 Å². The van der Waals surface area contributed by atoms with E-state index in [-0.39, 0.29) is 55.9 Å². The molecular weight excluding hydrogens is 480 g/mol. The normalized spacial score (nSPS) is 20.4. The summed E-state index contributed by atoms with van der Waals surface area (Å²) in [7, 11) is 0. The number of aromatic nitrogens is 2. The molecule has 2 atom stereocenters. The van der Waals surface area contributed by atoms with Crippen molar-refractivity contribution >= 4 is 12.0 Å². The van der Waals surface area contributed by atoms with Gasteiger partial charge in [0, 0.05) is 31.1 Å². The molecule has 1 aromatic carbocycles. The van der Waals surface area contributed by atoms with E-state index in [0.717, 1.165) is 12.8 Å². The number of nitrogens with zero attached hydrogens (tertiary/aromatic N) is 4. The van der Waals surface area contributed by atoms with E-state index in [1.165, 1.54) is 33.8 Å². The second kappa shape index (κ2) is 10.5. The standard InChI is InChI=1S/C25H30F4N4O3/c1-2-3-19-12-17(8-11-32(19)24(35)36)13-22(34)31-10-9-20-21(15-31)33(30-23(20)25(27,28)29)14-16-4-6-18(26)7-5-16/h4-7,17,19H,2-3,8-15H2,1H3,(H,35,36). The van der Waals surface area contributed by atoms with E-state index < -0.39 is 23.8 Å². The van der Waals surface area contributed by atoms with E-state index in [4.69, 9.17) is 0 Å². The smallest absolute Gasteiger partial charge is 0.435 e. The Morgan fingerprint density at radius 1 is 1.17 bits per heavy atom. The number of halogens is 4. The average molecular weight is 511 g/mol. The van der Waals surface area contributed by atoms with Gasteiger partial charge in [-0.2, -0.15) is 18.3 Å². The molecule has 2 aliphatic rings. The number of benzene rings is 1. The number of hydrogen-bond acceptors (Lipinski definition) is 3. The van der Waals surface area contributed by atoms with Crippen LogP contribution in [0.2, 0.25) is 0 Å². The summed E-state index contributed by atoms with van der Waals surface area (Å²) >= 11 is 0. The van der Waals surface area contributed by atoms with Crippen LogP contribution in [-0.2, 0) is 30.5 Å². The van der Waals surface area contributed by atoms with E-state index in [1.807, 2.05) is 6.92 Å². The third kappa shape index (κ3) is 5.65. The highest BCUT2D eigenvalue weighted by molar-refractivity contribution is 5.77. The van der Waals surface area contributed by atoms with Crippen molar-refractivity contribution in [1.82, 2.24) is 19.6 Å². The maximum absolute atomic E-state index is 13.7. The number of rotatable bonds is 6. The van der Waals surface area contributed by atoms with Gasteiger partial charge in [0.05, 0.1) is 18.8 Å². The Labute approximate surface area is 206 Å². The number of amides is 2. The number of alkyl halides is 3. The second-order valence-electron chi connectivity index (χ2n) is 9.63. The van der Waals surface area contributed by atoms with Crippen LogP contribution in [0.3, 0.4) is 0 Å². The van der Waals surface area contributed by atoms with Crippen LogP contribution in [-0.4, -0.2) is 55.8 Å². The van der Waals surface area contributed by atoms with Crippen LogP contribution in [0.4, 0.5) is 22.4 Å². The maximum Gasteiger partial charge on any atom is 0.435 e. The molecular formula is C25H30F4N4O3. The molecule has 3 heterocycles. The monoisotopic (exact) mass is 510 g/mol. The fourth-order valence-electron chi connectivity index (χ4n) is 5.37. The van der Waals surface area contributed by atoms with Gasteiger partial charge < -0.3 is 14.9 Å². The van der Waals surface area contributed by atoms with Gasteiger partial charge in [-0.1, -0.05) is 25.5 Å². The average Bonchev–Trinajstić information content (AvgIpc) is 3.19. The van der Waals surface area contributed by atoms with E-state index in [1.54, 1.807) is 4.90 Å². The molecule has 4 rings (SSSR count). The zero-order chi connectivity index (χ0) is 26.0. The van der Waals surface area contributed by atoms with Crippen molar-refractivity contribution in [3.05, 3.63) is 52.6 Å². The predicted octanol–water partition coefficient (Wildman–Crippen LogP) is 4.92. The molecule has 1 saturated heterocycles. The number of carbonyl (C=O) groups is 2. The van der Waals surface area contributed by atoms with Crippen molar-refractivity contribution in [2.45, 2.75) is 70.8 Å². The fraction of sp³-hybridized carbons (Fsp3) is 0.560. The highest BCUT2D eigenvalue weighted by atomic mass is 19.4. The third-order valence-electron chi connectivity index (χ3n) is 7.16. The van der Waals surface area contributed by atoms with Gasteiger partial charge >= 0.3 is 12.3 Å². The quantitative estimate of drug-likeness (QED) is 0.560. The SMILES string of the molecule is CCCC1CC(CC(=O)N2CCc3c(C(F)(F)F)nn(Cc4ccc(F)cc4)c3C2)CCN1C(=O)O. The molecule has 0 spiro atoms. The Morgan fingerprint density at radius 2 is 1.89 bits per heavy atom. The summed E-state index contributed by atoms with van der Waals surface area (Å²) in [6, 6.07) is 5.36. The number of fused-ring (bicyclic) bond motifs is 1. The summed E-state index contributed by atoms with van der Waals surface area (Å²) in [5.41, 5.74) is 0.114. The van der Waals surface area contributed by atoms with Gasteiger partial charge in [0.2, 0.25) is 5.91 Å². The van der Waals surface area contributed by atoms with Gasteiger partial charge in [-0.15, -0.1) is 0 Å². The molecule has 1 fully saturated rings. The Hall–Kier alpha value is -3.11. The predicted molar refractivity (Wildman–Crippen MR) is 123 cm³/mol. The Morgan fingerprint density at radius 3 is 2.53 bits per heavy atom. The minimum Gasteiger partial charge on any atom is -0.465 e. The zero-order valence-electron chi connectivity index (χ0n) is 20.1. The van der Waals surface area contributed by atoms with Gasteiger partial charge in [-0.3, -0.25) is 9.48 Å². The highest BCUT2D eigenvalue weighted by Gasteiger charge is 2.41. The van der Waals surface area contributed by atoms with Crippen molar-refractivity contribution in [3.63, 3.8) is 0 Å². The van der Waals surface area contributed by atoms with Gasteiger partial charge in [-0.05, 0) is 49.3 Å². The van der Waals surface area contributed by atoms with Crippen LogP contribution in [0.25, 0.3) is 0 Å². The maximum atomic E-state index is 13.7. The molecule has 196 valence electrons.